The van der Waals surface area contributed by atoms with E-state index >= 15 is 0 Å². The van der Waals surface area contributed by atoms with Crippen LogP contribution in [0.3, 0.4) is 0 Å². The fourth-order valence-corrected chi connectivity index (χ4v) is 3.31. The number of thiocarbonyl (C=S) groups is 1. The number of aryl methyl sites for hydroxylation is 1. The van der Waals surface area contributed by atoms with Gasteiger partial charge in [0.05, 0.1) is 23.6 Å². The first-order chi connectivity index (χ1) is 12.4. The molecule has 134 valence electrons. The Morgan fingerprint density at radius 2 is 1.88 bits per heavy atom. The van der Waals surface area contributed by atoms with Gasteiger partial charge in [0.15, 0.2) is 5.11 Å². The van der Waals surface area contributed by atoms with Crippen LogP contribution in [0.2, 0.25) is 5.02 Å². The number of anilines is 2. The highest BCUT2D eigenvalue weighted by Crippen LogP contribution is 2.22. The lowest BCUT2D eigenvalue weighted by Gasteiger charge is -2.11. The molecule has 0 aliphatic carbocycles. The molecule has 0 spiro atoms. The van der Waals surface area contributed by atoms with Crippen LogP contribution in [0.1, 0.15) is 17.0 Å². The molecule has 0 aliphatic rings. The lowest BCUT2D eigenvalue weighted by atomic mass is 10.2. The number of rotatable bonds is 4. The van der Waals surface area contributed by atoms with Crippen LogP contribution in [-0.4, -0.2) is 14.9 Å². The molecule has 2 aromatic carbocycles. The zero-order valence-electron chi connectivity index (χ0n) is 14.4. The van der Waals surface area contributed by atoms with E-state index in [2.05, 4.69) is 43.8 Å². The van der Waals surface area contributed by atoms with Crippen LogP contribution in [0.5, 0.6) is 0 Å². The first-order valence-corrected chi connectivity index (χ1v) is 9.62. The molecule has 0 saturated heterocycles. The van der Waals surface area contributed by atoms with Gasteiger partial charge in [-0.3, -0.25) is 4.68 Å². The smallest absolute Gasteiger partial charge is 0.175 e. The summed E-state index contributed by atoms with van der Waals surface area (Å²) in [4.78, 5) is 0. The number of hydrogen-bond acceptors (Lipinski definition) is 2. The Bertz CT molecular complexity index is 937. The highest BCUT2D eigenvalue weighted by atomic mass is 79.9. The Morgan fingerprint density at radius 1 is 1.15 bits per heavy atom. The minimum atomic E-state index is 0.502. The molecule has 1 heterocycles. The minimum absolute atomic E-state index is 0.502. The highest BCUT2D eigenvalue weighted by Gasteiger charge is 2.13. The van der Waals surface area contributed by atoms with Gasteiger partial charge in [0, 0.05) is 15.2 Å². The van der Waals surface area contributed by atoms with Gasteiger partial charge in [-0.2, -0.15) is 5.10 Å². The summed E-state index contributed by atoms with van der Waals surface area (Å²) in [5.74, 6) is 0. The molecule has 0 aliphatic heterocycles. The molecule has 4 nitrogen and oxygen atoms in total. The van der Waals surface area contributed by atoms with E-state index in [9.17, 15) is 0 Å². The number of hydrogen-bond donors (Lipinski definition) is 2. The molecule has 3 aromatic rings. The van der Waals surface area contributed by atoms with E-state index in [1.165, 1.54) is 5.56 Å². The van der Waals surface area contributed by atoms with Crippen molar-refractivity contribution in [1.29, 1.82) is 0 Å². The van der Waals surface area contributed by atoms with Crippen molar-refractivity contribution in [2.75, 3.05) is 10.6 Å². The predicted molar refractivity (Wildman–Crippen MR) is 116 cm³/mol. The Hall–Kier alpha value is -1.89. The summed E-state index contributed by atoms with van der Waals surface area (Å²) in [7, 11) is 0. The van der Waals surface area contributed by atoms with E-state index in [0.29, 0.717) is 16.7 Å². The minimum Gasteiger partial charge on any atom is -0.332 e. The fraction of sp³-hybridized carbons (Fsp3) is 0.158. The van der Waals surface area contributed by atoms with E-state index in [-0.39, 0.29) is 0 Å². The molecule has 2 N–H and O–H groups in total. The SMILES string of the molecule is Cc1nn(Cc2ccc(Br)cc2)c(C)c1NC(=S)Nc1cccc(Cl)c1. The fourth-order valence-electron chi connectivity index (χ4n) is 2.64. The molecular formula is C19H18BrClN4S. The summed E-state index contributed by atoms with van der Waals surface area (Å²) in [6.07, 6.45) is 0. The first kappa shape index (κ1) is 18.9. The summed E-state index contributed by atoms with van der Waals surface area (Å²) in [6.45, 7) is 4.70. The molecule has 0 fully saturated rings. The number of aromatic nitrogens is 2. The average molecular weight is 450 g/mol. The maximum absolute atomic E-state index is 6.01. The largest absolute Gasteiger partial charge is 0.332 e. The van der Waals surface area contributed by atoms with E-state index in [0.717, 1.165) is 27.2 Å². The van der Waals surface area contributed by atoms with Gasteiger partial charge >= 0.3 is 0 Å². The topological polar surface area (TPSA) is 41.9 Å². The van der Waals surface area contributed by atoms with Crippen LogP contribution in [0.25, 0.3) is 0 Å². The lowest BCUT2D eigenvalue weighted by Crippen LogP contribution is -2.20. The molecule has 0 amide bonds. The van der Waals surface area contributed by atoms with Crippen LogP contribution in [0.4, 0.5) is 11.4 Å². The summed E-state index contributed by atoms with van der Waals surface area (Å²) < 4.78 is 3.04. The molecule has 0 radical (unpaired) electrons. The van der Waals surface area contributed by atoms with Gasteiger partial charge in [-0.05, 0) is 62.0 Å². The van der Waals surface area contributed by atoms with Gasteiger partial charge in [0.25, 0.3) is 0 Å². The van der Waals surface area contributed by atoms with E-state index in [4.69, 9.17) is 23.8 Å². The van der Waals surface area contributed by atoms with Gasteiger partial charge in [-0.25, -0.2) is 0 Å². The second-order valence-electron chi connectivity index (χ2n) is 5.92. The maximum atomic E-state index is 6.01. The molecule has 26 heavy (non-hydrogen) atoms. The van der Waals surface area contributed by atoms with Crippen molar-refractivity contribution in [3.05, 3.63) is 75.0 Å². The molecule has 1 aromatic heterocycles. The van der Waals surface area contributed by atoms with Crippen LogP contribution >= 0.6 is 39.7 Å². The van der Waals surface area contributed by atoms with Crippen LogP contribution in [-0.2, 0) is 6.54 Å². The molecule has 3 rings (SSSR count). The van der Waals surface area contributed by atoms with Crippen molar-refractivity contribution in [1.82, 2.24) is 9.78 Å². The third kappa shape index (κ3) is 4.63. The number of benzene rings is 2. The summed E-state index contributed by atoms with van der Waals surface area (Å²) in [5.41, 5.74) is 4.87. The highest BCUT2D eigenvalue weighted by molar-refractivity contribution is 9.10. The second-order valence-corrected chi connectivity index (χ2v) is 7.68. The maximum Gasteiger partial charge on any atom is 0.175 e. The Balaban J connectivity index is 1.73. The zero-order valence-corrected chi connectivity index (χ0v) is 17.5. The third-order valence-corrected chi connectivity index (χ3v) is 4.92. The van der Waals surface area contributed by atoms with Crippen molar-refractivity contribution in [2.45, 2.75) is 20.4 Å². The van der Waals surface area contributed by atoms with Crippen molar-refractivity contribution in [2.24, 2.45) is 0 Å². The standard InChI is InChI=1S/C19H18BrClN4S/c1-12-18(23-19(26)22-17-5-3-4-16(21)10-17)13(2)25(24-12)11-14-6-8-15(20)9-7-14/h3-10H,11H2,1-2H3,(H2,22,23,26). The summed E-state index contributed by atoms with van der Waals surface area (Å²) in [5, 5.41) is 12.2. The summed E-state index contributed by atoms with van der Waals surface area (Å²) >= 11 is 14.9. The molecule has 0 atom stereocenters. The zero-order chi connectivity index (χ0) is 18.7. The predicted octanol–water partition coefficient (Wildman–Crippen LogP) is 5.77. The lowest BCUT2D eigenvalue weighted by molar-refractivity contribution is 0.659. The Morgan fingerprint density at radius 3 is 2.58 bits per heavy atom. The molecule has 0 saturated carbocycles. The Labute approximate surface area is 171 Å². The number of halogens is 2. The van der Waals surface area contributed by atoms with Gasteiger partial charge in [-0.15, -0.1) is 0 Å². The van der Waals surface area contributed by atoms with Gasteiger partial charge in [0.1, 0.15) is 0 Å². The van der Waals surface area contributed by atoms with Gasteiger partial charge < -0.3 is 10.6 Å². The van der Waals surface area contributed by atoms with Crippen LogP contribution in [0, 0.1) is 13.8 Å². The van der Waals surface area contributed by atoms with E-state index < -0.39 is 0 Å². The van der Waals surface area contributed by atoms with Gasteiger partial charge in [-0.1, -0.05) is 45.7 Å². The first-order valence-electron chi connectivity index (χ1n) is 8.04. The second kappa shape index (κ2) is 8.20. The van der Waals surface area contributed by atoms with Crippen molar-refractivity contribution >= 4 is 56.2 Å². The average Bonchev–Trinajstić information content (AvgIpc) is 2.84. The molecular weight excluding hydrogens is 432 g/mol. The van der Waals surface area contributed by atoms with Crippen molar-refractivity contribution < 1.29 is 0 Å². The monoisotopic (exact) mass is 448 g/mol. The van der Waals surface area contributed by atoms with Crippen molar-refractivity contribution in [3.8, 4) is 0 Å². The molecule has 7 heteroatoms. The third-order valence-electron chi connectivity index (χ3n) is 3.95. The van der Waals surface area contributed by atoms with Crippen LogP contribution < -0.4 is 10.6 Å². The van der Waals surface area contributed by atoms with Crippen molar-refractivity contribution in [3.63, 3.8) is 0 Å². The van der Waals surface area contributed by atoms with E-state index in [1.807, 2.05) is 54.9 Å². The summed E-state index contributed by atoms with van der Waals surface area (Å²) in [6, 6.07) is 15.7. The number of nitrogens with zero attached hydrogens (tertiary/aromatic N) is 2. The number of nitrogens with one attached hydrogen (secondary N) is 2. The van der Waals surface area contributed by atoms with Crippen LogP contribution in [0.15, 0.2) is 53.0 Å². The molecule has 0 bridgehead atoms. The van der Waals surface area contributed by atoms with E-state index in [1.54, 1.807) is 0 Å². The molecule has 0 unspecified atom stereocenters. The normalized spacial score (nSPS) is 10.6. The Kier molecular flexibility index (Phi) is 5.96. The quantitative estimate of drug-likeness (QED) is 0.496. The van der Waals surface area contributed by atoms with Gasteiger partial charge in [0.2, 0.25) is 0 Å².